The monoisotopic (exact) mass is 328 g/mol. The van der Waals surface area contributed by atoms with Crippen LogP contribution >= 0.6 is 7.60 Å². The molecule has 120 valence electrons. The number of aryl methyl sites for hydroxylation is 2. The van der Waals surface area contributed by atoms with Gasteiger partial charge in [0.05, 0.1) is 0 Å². The van der Waals surface area contributed by atoms with Crippen LogP contribution in [0.15, 0.2) is 54.3 Å². The zero-order chi connectivity index (χ0) is 16.9. The lowest BCUT2D eigenvalue weighted by molar-refractivity contribution is 0.288. The molecule has 0 saturated heterocycles. The van der Waals surface area contributed by atoms with E-state index in [1.807, 2.05) is 62.4 Å². The van der Waals surface area contributed by atoms with E-state index >= 15 is 0 Å². The Balaban J connectivity index is 2.63. The smallest absolute Gasteiger partial charge is 0.308 e. The molecule has 0 aromatic heterocycles. The summed E-state index contributed by atoms with van der Waals surface area (Å²) in [6.07, 6.45) is 1.79. The molecule has 0 aliphatic rings. The Hall–Kier alpha value is -1.89. The quantitative estimate of drug-likeness (QED) is 0.541. The van der Waals surface area contributed by atoms with Gasteiger partial charge in [-0.2, -0.15) is 0 Å². The maximum absolute atomic E-state index is 12.9. The molecule has 2 aromatic carbocycles. The van der Waals surface area contributed by atoms with E-state index in [0.29, 0.717) is 5.31 Å². The van der Waals surface area contributed by atoms with Crippen LogP contribution in [-0.2, 0) is 13.6 Å². The zero-order valence-electron chi connectivity index (χ0n) is 13.9. The molecule has 0 bridgehead atoms. The Labute approximate surface area is 137 Å². The van der Waals surface area contributed by atoms with Gasteiger partial charge in [-0.3, -0.25) is 4.57 Å². The highest BCUT2D eigenvalue weighted by atomic mass is 31.2. The van der Waals surface area contributed by atoms with Crippen molar-refractivity contribution >= 4 is 19.0 Å². The molecule has 0 heterocycles. The molecule has 0 aliphatic carbocycles. The van der Waals surface area contributed by atoms with Crippen LogP contribution in [0, 0.1) is 13.8 Å². The summed E-state index contributed by atoms with van der Waals surface area (Å²) in [6, 6.07) is 15.6. The number of hydrogen-bond donors (Lipinski definition) is 0. The minimum Gasteiger partial charge on any atom is -0.308 e. The highest BCUT2D eigenvalue weighted by molar-refractivity contribution is 7.65. The Morgan fingerprint density at radius 2 is 1.65 bits per heavy atom. The molecule has 3 nitrogen and oxygen atoms in total. The van der Waals surface area contributed by atoms with Crippen LogP contribution in [0.4, 0.5) is 0 Å². The molecule has 0 fully saturated rings. The molecule has 0 aliphatic heterocycles. The van der Waals surface area contributed by atoms with E-state index in [4.69, 9.17) is 9.05 Å². The lowest BCUT2D eigenvalue weighted by Crippen LogP contribution is -1.94. The summed E-state index contributed by atoms with van der Waals surface area (Å²) in [5, 5.41) is 0.425. The zero-order valence-corrected chi connectivity index (χ0v) is 14.8. The third kappa shape index (κ3) is 4.10. The maximum Gasteiger partial charge on any atom is 0.369 e. The summed E-state index contributed by atoms with van der Waals surface area (Å²) in [7, 11) is -0.642. The fourth-order valence-electron chi connectivity index (χ4n) is 2.17. The standard InChI is InChI=1S/C19H21O3P/c1-15-10-12-18(14-16(15)2)19(23(20,21-3)22-4)13-11-17-8-6-5-7-9-17/h5-12,14H,1-4H3. The molecule has 23 heavy (non-hydrogen) atoms. The summed E-state index contributed by atoms with van der Waals surface area (Å²) in [6.45, 7) is 4.05. The number of rotatable bonds is 5. The highest BCUT2D eigenvalue weighted by Gasteiger charge is 2.29. The molecule has 4 heteroatoms. The van der Waals surface area contributed by atoms with Crippen molar-refractivity contribution in [2.24, 2.45) is 0 Å². The normalized spacial score (nSPS) is 11.0. The predicted octanol–water partition coefficient (Wildman–Crippen LogP) is 5.44. The first kappa shape index (κ1) is 17.5. The second-order valence-electron chi connectivity index (χ2n) is 5.21. The van der Waals surface area contributed by atoms with Crippen molar-refractivity contribution < 1.29 is 13.6 Å². The maximum atomic E-state index is 12.9. The van der Waals surface area contributed by atoms with Crippen LogP contribution in [-0.4, -0.2) is 14.2 Å². The van der Waals surface area contributed by atoms with E-state index in [2.05, 4.69) is 5.73 Å². The van der Waals surface area contributed by atoms with Crippen LogP contribution in [0.2, 0.25) is 0 Å². The Morgan fingerprint density at radius 1 is 1.00 bits per heavy atom. The topological polar surface area (TPSA) is 35.5 Å². The van der Waals surface area contributed by atoms with Crippen LogP contribution in [0.25, 0.3) is 11.4 Å². The van der Waals surface area contributed by atoms with Gasteiger partial charge in [-0.25, -0.2) is 0 Å². The Bertz CT molecular complexity index is 780. The van der Waals surface area contributed by atoms with Gasteiger partial charge < -0.3 is 9.05 Å². The molecule has 0 N–H and O–H groups in total. The molecular weight excluding hydrogens is 307 g/mol. The van der Waals surface area contributed by atoms with E-state index in [-0.39, 0.29) is 0 Å². The van der Waals surface area contributed by atoms with Crippen LogP contribution < -0.4 is 0 Å². The van der Waals surface area contributed by atoms with E-state index in [9.17, 15) is 4.57 Å². The summed E-state index contributed by atoms with van der Waals surface area (Å²) in [5.74, 6) is 0. The number of hydrogen-bond acceptors (Lipinski definition) is 3. The van der Waals surface area contributed by atoms with Gasteiger partial charge in [0.15, 0.2) is 0 Å². The lowest BCUT2D eigenvalue weighted by atomic mass is 10.1. The van der Waals surface area contributed by atoms with Gasteiger partial charge in [-0.1, -0.05) is 48.5 Å². The molecule has 0 spiro atoms. The van der Waals surface area contributed by atoms with Crippen molar-refractivity contribution in [2.45, 2.75) is 13.8 Å². The highest BCUT2D eigenvalue weighted by Crippen LogP contribution is 2.59. The average molecular weight is 328 g/mol. The van der Waals surface area contributed by atoms with Gasteiger partial charge in [0, 0.05) is 14.2 Å². The van der Waals surface area contributed by atoms with E-state index in [1.165, 1.54) is 19.8 Å². The van der Waals surface area contributed by atoms with Gasteiger partial charge in [0.1, 0.15) is 5.31 Å². The molecular formula is C19H21O3P. The second kappa shape index (κ2) is 7.59. The molecule has 2 rings (SSSR count). The van der Waals surface area contributed by atoms with Crippen LogP contribution in [0.1, 0.15) is 22.3 Å². The van der Waals surface area contributed by atoms with E-state index < -0.39 is 7.60 Å². The third-order valence-corrected chi connectivity index (χ3v) is 5.61. The first-order chi connectivity index (χ1) is 11.0. The molecule has 0 atom stereocenters. The van der Waals surface area contributed by atoms with Crippen molar-refractivity contribution in [3.8, 4) is 0 Å². The average Bonchev–Trinajstić information content (AvgIpc) is 2.58. The molecule has 0 amide bonds. The lowest BCUT2D eigenvalue weighted by Gasteiger charge is -2.16. The molecule has 0 unspecified atom stereocenters. The molecule has 0 radical (unpaired) electrons. The van der Waals surface area contributed by atoms with Crippen molar-refractivity contribution in [1.82, 2.24) is 0 Å². The van der Waals surface area contributed by atoms with Gasteiger partial charge in [-0.05, 0) is 42.2 Å². The van der Waals surface area contributed by atoms with Gasteiger partial charge in [0.2, 0.25) is 0 Å². The second-order valence-corrected chi connectivity index (χ2v) is 7.38. The Morgan fingerprint density at radius 3 is 2.22 bits per heavy atom. The summed E-state index contributed by atoms with van der Waals surface area (Å²) >= 11 is 0. The van der Waals surface area contributed by atoms with Crippen molar-refractivity contribution in [3.63, 3.8) is 0 Å². The summed E-state index contributed by atoms with van der Waals surface area (Å²) in [4.78, 5) is 0. The first-order valence-electron chi connectivity index (χ1n) is 7.31. The summed E-state index contributed by atoms with van der Waals surface area (Å²) < 4.78 is 23.3. The van der Waals surface area contributed by atoms with Gasteiger partial charge >= 0.3 is 7.60 Å². The van der Waals surface area contributed by atoms with E-state index in [0.717, 1.165) is 16.7 Å². The molecule has 0 saturated carbocycles. The third-order valence-electron chi connectivity index (χ3n) is 3.71. The fourth-order valence-corrected chi connectivity index (χ4v) is 3.36. The van der Waals surface area contributed by atoms with E-state index in [1.54, 1.807) is 6.08 Å². The molecule has 2 aromatic rings. The van der Waals surface area contributed by atoms with Gasteiger partial charge in [0.25, 0.3) is 0 Å². The fraction of sp³-hybridized carbons (Fsp3) is 0.211. The first-order valence-corrected chi connectivity index (χ1v) is 8.86. The van der Waals surface area contributed by atoms with Crippen LogP contribution in [0.3, 0.4) is 0 Å². The Kier molecular flexibility index (Phi) is 5.76. The van der Waals surface area contributed by atoms with Crippen LogP contribution in [0.5, 0.6) is 0 Å². The van der Waals surface area contributed by atoms with Crippen molar-refractivity contribution in [2.75, 3.05) is 14.2 Å². The number of benzene rings is 2. The van der Waals surface area contributed by atoms with Crippen molar-refractivity contribution in [1.29, 1.82) is 0 Å². The van der Waals surface area contributed by atoms with Gasteiger partial charge in [-0.15, -0.1) is 5.73 Å². The summed E-state index contributed by atoms with van der Waals surface area (Å²) in [5.41, 5.74) is 7.15. The minimum atomic E-state index is -3.41. The largest absolute Gasteiger partial charge is 0.369 e. The minimum absolute atomic E-state index is 0.425. The predicted molar refractivity (Wildman–Crippen MR) is 95.4 cm³/mol. The van der Waals surface area contributed by atoms with Crippen molar-refractivity contribution in [3.05, 3.63) is 76.5 Å². The SMILES string of the molecule is COP(=O)(OC)C(=C=Cc1ccccc1)c1ccc(C)c(C)c1.